The number of carbonyl (C=O) groups is 1. The number of hydrogen-bond donors (Lipinski definition) is 2. The van der Waals surface area contributed by atoms with Gasteiger partial charge in [-0.15, -0.1) is 0 Å². The molecule has 0 atom stereocenters. The highest BCUT2D eigenvalue weighted by Gasteiger charge is 2.12. The van der Waals surface area contributed by atoms with Crippen molar-refractivity contribution in [3.05, 3.63) is 89.1 Å². The largest absolute Gasteiger partial charge is 0.328 e. The van der Waals surface area contributed by atoms with E-state index in [1.807, 2.05) is 59.3 Å². The molecule has 1 amide bonds. The maximum absolute atomic E-state index is 12.4. The van der Waals surface area contributed by atoms with Crippen LogP contribution in [0.25, 0.3) is 16.9 Å². The van der Waals surface area contributed by atoms with Gasteiger partial charge in [0.15, 0.2) is 0 Å². The minimum Gasteiger partial charge on any atom is -0.328 e. The molecular weight excluding hydrogens is 316 g/mol. The van der Waals surface area contributed by atoms with Crippen LogP contribution in [0.4, 0.5) is 5.69 Å². The molecule has 4 rings (SSSR count). The van der Waals surface area contributed by atoms with E-state index in [4.69, 9.17) is 0 Å². The minimum absolute atomic E-state index is 0.248. The van der Waals surface area contributed by atoms with Gasteiger partial charge in [0.1, 0.15) is 5.65 Å². The van der Waals surface area contributed by atoms with E-state index in [0.717, 1.165) is 16.9 Å². The zero-order valence-electron chi connectivity index (χ0n) is 13.1. The highest BCUT2D eigenvalue weighted by molar-refractivity contribution is 6.05. The Balaban J connectivity index is 1.70. The quantitative estimate of drug-likeness (QED) is 0.606. The molecule has 0 radical (unpaired) electrons. The highest BCUT2D eigenvalue weighted by atomic mass is 16.1. The highest BCUT2D eigenvalue weighted by Crippen LogP contribution is 2.27. The number of para-hydroxylation sites is 1. The average molecular weight is 330 g/mol. The molecule has 4 aromatic rings. The second-order valence-corrected chi connectivity index (χ2v) is 5.53. The van der Waals surface area contributed by atoms with E-state index < -0.39 is 0 Å². The number of amides is 1. The summed E-state index contributed by atoms with van der Waals surface area (Å²) in [7, 11) is 0. The van der Waals surface area contributed by atoms with Gasteiger partial charge in [-0.05, 0) is 24.3 Å². The van der Waals surface area contributed by atoms with Crippen LogP contribution in [-0.4, -0.2) is 20.3 Å². The molecule has 0 fully saturated rings. The van der Waals surface area contributed by atoms with Gasteiger partial charge < -0.3 is 14.7 Å². The Morgan fingerprint density at radius 3 is 2.68 bits per heavy atom. The van der Waals surface area contributed by atoms with Gasteiger partial charge in [-0.2, -0.15) is 0 Å². The average Bonchev–Trinajstić information content (AvgIpc) is 3.06. The van der Waals surface area contributed by atoms with Gasteiger partial charge in [0.2, 0.25) is 5.56 Å². The maximum atomic E-state index is 12.4. The number of nitrogens with zero attached hydrogens (tertiary/aromatic N) is 2. The number of hydrogen-bond acceptors (Lipinski definition) is 3. The molecule has 0 aliphatic carbocycles. The number of carbonyl (C=O) groups excluding carboxylic acids is 1. The predicted molar refractivity (Wildman–Crippen MR) is 95.6 cm³/mol. The lowest BCUT2D eigenvalue weighted by atomic mass is 10.1. The number of nitrogens with one attached hydrogen (secondary N) is 2. The molecule has 3 heterocycles. The predicted octanol–water partition coefficient (Wildman–Crippen LogP) is 2.94. The Kier molecular flexibility index (Phi) is 3.63. The van der Waals surface area contributed by atoms with Crippen LogP contribution in [0.5, 0.6) is 0 Å². The van der Waals surface area contributed by atoms with Crippen molar-refractivity contribution in [2.45, 2.75) is 0 Å². The second-order valence-electron chi connectivity index (χ2n) is 5.53. The smallest absolute Gasteiger partial charge is 0.257 e. The van der Waals surface area contributed by atoms with Gasteiger partial charge in [0.05, 0.1) is 16.9 Å². The van der Waals surface area contributed by atoms with E-state index >= 15 is 0 Å². The number of H-pyrrole nitrogens is 1. The van der Waals surface area contributed by atoms with Crippen molar-refractivity contribution < 1.29 is 4.79 Å². The molecule has 0 bridgehead atoms. The van der Waals surface area contributed by atoms with Crippen molar-refractivity contribution in [1.82, 2.24) is 14.4 Å². The molecule has 6 nitrogen and oxygen atoms in total. The number of imidazole rings is 1. The van der Waals surface area contributed by atoms with E-state index in [0.29, 0.717) is 11.3 Å². The summed E-state index contributed by atoms with van der Waals surface area (Å²) in [4.78, 5) is 30.6. The molecule has 2 N–H and O–H groups in total. The van der Waals surface area contributed by atoms with Crippen molar-refractivity contribution in [2.75, 3.05) is 5.32 Å². The summed E-state index contributed by atoms with van der Waals surface area (Å²) in [5, 5.41) is 2.88. The minimum atomic E-state index is -0.299. The maximum Gasteiger partial charge on any atom is 0.257 e. The van der Waals surface area contributed by atoms with Crippen molar-refractivity contribution in [2.24, 2.45) is 0 Å². The third-order valence-electron chi connectivity index (χ3n) is 3.86. The van der Waals surface area contributed by atoms with Crippen LogP contribution in [0, 0.1) is 0 Å². The summed E-state index contributed by atoms with van der Waals surface area (Å²) in [6, 6.07) is 16.1. The molecule has 1 aromatic carbocycles. The summed E-state index contributed by atoms with van der Waals surface area (Å²) >= 11 is 0. The van der Waals surface area contributed by atoms with Crippen molar-refractivity contribution in [1.29, 1.82) is 0 Å². The van der Waals surface area contributed by atoms with Gasteiger partial charge in [-0.3, -0.25) is 9.59 Å². The van der Waals surface area contributed by atoms with E-state index in [-0.39, 0.29) is 11.5 Å². The van der Waals surface area contributed by atoms with Crippen LogP contribution in [0.15, 0.2) is 78.0 Å². The van der Waals surface area contributed by atoms with Gasteiger partial charge in [-0.25, -0.2) is 4.98 Å². The van der Waals surface area contributed by atoms with Crippen LogP contribution < -0.4 is 10.9 Å². The molecule has 122 valence electrons. The van der Waals surface area contributed by atoms with E-state index in [1.54, 1.807) is 0 Å². The Morgan fingerprint density at radius 2 is 1.88 bits per heavy atom. The Morgan fingerprint density at radius 1 is 1.04 bits per heavy atom. The van der Waals surface area contributed by atoms with Gasteiger partial charge in [-0.1, -0.05) is 24.3 Å². The number of fused-ring (bicyclic) bond motifs is 1. The van der Waals surface area contributed by atoms with Crippen LogP contribution in [0.3, 0.4) is 0 Å². The fourth-order valence-corrected chi connectivity index (χ4v) is 2.63. The molecular formula is C19H14N4O2. The first kappa shape index (κ1) is 14.9. The number of pyridine rings is 2. The number of rotatable bonds is 3. The van der Waals surface area contributed by atoms with Crippen molar-refractivity contribution >= 4 is 17.2 Å². The fraction of sp³-hybridized carbons (Fsp3) is 0. The Hall–Kier alpha value is -3.67. The lowest BCUT2D eigenvalue weighted by Gasteiger charge is -2.09. The zero-order valence-corrected chi connectivity index (χ0v) is 13.1. The monoisotopic (exact) mass is 330 g/mol. The Bertz CT molecular complexity index is 1070. The van der Waals surface area contributed by atoms with Gasteiger partial charge in [0, 0.05) is 30.2 Å². The van der Waals surface area contributed by atoms with E-state index in [2.05, 4.69) is 15.3 Å². The van der Waals surface area contributed by atoms with Crippen LogP contribution in [0.1, 0.15) is 10.4 Å². The van der Waals surface area contributed by atoms with Crippen molar-refractivity contribution in [3.63, 3.8) is 0 Å². The molecule has 0 saturated carbocycles. The molecule has 0 saturated heterocycles. The molecule has 0 unspecified atom stereocenters. The molecule has 0 aliphatic heterocycles. The standard InChI is InChI=1S/C19H14N4O2/c24-18-9-8-13(11-20-18)19(25)22-15-6-2-1-5-14(15)16-12-23-10-4-3-7-17(23)21-16/h1-12H,(H,20,24)(H,22,25). The first-order valence-corrected chi connectivity index (χ1v) is 7.74. The first-order chi connectivity index (χ1) is 12.2. The zero-order chi connectivity index (χ0) is 17.2. The lowest BCUT2D eigenvalue weighted by Crippen LogP contribution is -2.15. The summed E-state index contributed by atoms with van der Waals surface area (Å²) in [5.41, 5.74) is 3.21. The summed E-state index contributed by atoms with van der Waals surface area (Å²) in [6.45, 7) is 0. The number of aromatic amines is 1. The van der Waals surface area contributed by atoms with E-state index in [9.17, 15) is 9.59 Å². The summed E-state index contributed by atoms with van der Waals surface area (Å²) < 4.78 is 1.93. The third-order valence-corrected chi connectivity index (χ3v) is 3.86. The van der Waals surface area contributed by atoms with Crippen LogP contribution in [0.2, 0.25) is 0 Å². The molecule has 25 heavy (non-hydrogen) atoms. The van der Waals surface area contributed by atoms with E-state index in [1.165, 1.54) is 18.3 Å². The molecule has 0 aliphatic rings. The SMILES string of the molecule is O=C(Nc1ccccc1-c1cn2ccccc2n1)c1ccc(=O)[nH]c1. The summed E-state index contributed by atoms with van der Waals surface area (Å²) in [6.07, 6.45) is 5.23. The number of anilines is 1. The normalized spacial score (nSPS) is 10.7. The van der Waals surface area contributed by atoms with Gasteiger partial charge in [0.25, 0.3) is 5.91 Å². The lowest BCUT2D eigenvalue weighted by molar-refractivity contribution is 0.102. The third kappa shape index (κ3) is 2.92. The number of benzene rings is 1. The van der Waals surface area contributed by atoms with Crippen LogP contribution in [-0.2, 0) is 0 Å². The molecule has 0 spiro atoms. The summed E-state index contributed by atoms with van der Waals surface area (Å²) in [5.74, 6) is -0.299. The number of aromatic nitrogens is 3. The first-order valence-electron chi connectivity index (χ1n) is 7.74. The molecule has 3 aromatic heterocycles. The molecule has 6 heteroatoms. The van der Waals surface area contributed by atoms with Crippen molar-refractivity contribution in [3.8, 4) is 11.3 Å². The van der Waals surface area contributed by atoms with Gasteiger partial charge >= 0.3 is 0 Å². The fourth-order valence-electron chi connectivity index (χ4n) is 2.63. The second kappa shape index (κ2) is 6.09. The topological polar surface area (TPSA) is 79.3 Å². The Labute approximate surface area is 142 Å². The van der Waals surface area contributed by atoms with Crippen LogP contribution >= 0.6 is 0 Å².